The van der Waals surface area contributed by atoms with Crippen molar-refractivity contribution in [2.75, 3.05) is 18.8 Å². The Morgan fingerprint density at radius 1 is 0.972 bits per heavy atom. The lowest BCUT2D eigenvalue weighted by molar-refractivity contribution is -0.126. The summed E-state index contributed by atoms with van der Waals surface area (Å²) in [6, 6.07) is 15.7. The third-order valence-corrected chi connectivity index (χ3v) is 9.27. The minimum atomic E-state index is -0.967. The zero-order chi connectivity index (χ0) is 25.2. The van der Waals surface area contributed by atoms with Gasteiger partial charge in [-0.15, -0.1) is 11.8 Å². The van der Waals surface area contributed by atoms with E-state index in [2.05, 4.69) is 4.90 Å². The number of likely N-dealkylation sites (tertiary alicyclic amines) is 1. The van der Waals surface area contributed by atoms with Gasteiger partial charge in [0.05, 0.1) is 29.3 Å². The summed E-state index contributed by atoms with van der Waals surface area (Å²) in [7, 11) is 0. The molecule has 1 aliphatic carbocycles. The molecule has 1 saturated heterocycles. The van der Waals surface area contributed by atoms with Gasteiger partial charge in [-0.2, -0.15) is 0 Å². The number of rotatable bonds is 8. The Balaban J connectivity index is 1.39. The molecule has 2 fully saturated rings. The SMILES string of the molecule is CC(=O)C1CC2CCCCC2CN1CC(O)C(CSc1ccccc1)N1C(=O)c2ccccc2C1=O. The number of benzene rings is 2. The third kappa shape index (κ3) is 5.01. The van der Waals surface area contributed by atoms with Gasteiger partial charge in [0.1, 0.15) is 5.78 Å². The van der Waals surface area contributed by atoms with Gasteiger partial charge in [-0.3, -0.25) is 24.2 Å². The summed E-state index contributed by atoms with van der Waals surface area (Å²) >= 11 is 1.52. The van der Waals surface area contributed by atoms with Crippen molar-refractivity contribution in [3.05, 3.63) is 65.7 Å². The van der Waals surface area contributed by atoms with E-state index in [0.717, 1.165) is 24.3 Å². The molecule has 0 aromatic heterocycles. The first kappa shape index (κ1) is 25.2. The third-order valence-electron chi connectivity index (χ3n) is 8.16. The number of β-amino-alcohol motifs (C(OH)–C–C–N with tert-alkyl or cyclic N) is 1. The van der Waals surface area contributed by atoms with Crippen LogP contribution in [0.4, 0.5) is 0 Å². The van der Waals surface area contributed by atoms with Crippen molar-refractivity contribution in [3.63, 3.8) is 0 Å². The first-order valence-electron chi connectivity index (χ1n) is 13.0. The second kappa shape index (κ2) is 10.9. The maximum Gasteiger partial charge on any atom is 0.261 e. The number of nitrogens with zero attached hydrogens (tertiary/aromatic N) is 2. The summed E-state index contributed by atoms with van der Waals surface area (Å²) in [5.41, 5.74) is 0.767. The summed E-state index contributed by atoms with van der Waals surface area (Å²) in [6.07, 6.45) is 4.65. The van der Waals surface area contributed by atoms with E-state index in [4.69, 9.17) is 0 Å². The van der Waals surface area contributed by atoms with Crippen LogP contribution in [0, 0.1) is 11.8 Å². The Bertz CT molecular complexity index is 1090. The maximum absolute atomic E-state index is 13.3. The Kier molecular flexibility index (Phi) is 7.60. The number of Topliss-reactive ketones (excluding diaryl/α,β-unsaturated/α-hetero) is 1. The van der Waals surface area contributed by atoms with Crippen molar-refractivity contribution in [3.8, 4) is 0 Å². The van der Waals surface area contributed by atoms with Crippen LogP contribution in [0.15, 0.2) is 59.5 Å². The molecular formula is C29H34N2O4S. The lowest BCUT2D eigenvalue weighted by Gasteiger charge is -2.46. The van der Waals surface area contributed by atoms with Crippen molar-refractivity contribution >= 4 is 29.4 Å². The number of aliphatic hydroxyl groups is 1. The van der Waals surface area contributed by atoms with Gasteiger partial charge in [0.2, 0.25) is 0 Å². The van der Waals surface area contributed by atoms with Gasteiger partial charge in [0, 0.05) is 23.7 Å². The van der Waals surface area contributed by atoms with Crippen molar-refractivity contribution < 1.29 is 19.5 Å². The van der Waals surface area contributed by atoms with E-state index < -0.39 is 12.1 Å². The van der Waals surface area contributed by atoms with E-state index in [1.165, 1.54) is 35.9 Å². The maximum atomic E-state index is 13.3. The quantitative estimate of drug-likeness (QED) is 0.426. The van der Waals surface area contributed by atoms with Gasteiger partial charge >= 0.3 is 0 Å². The highest BCUT2D eigenvalue weighted by Crippen LogP contribution is 2.39. The van der Waals surface area contributed by atoms with Crippen LogP contribution in [0.5, 0.6) is 0 Å². The van der Waals surface area contributed by atoms with Crippen LogP contribution >= 0.6 is 11.8 Å². The van der Waals surface area contributed by atoms with Crippen LogP contribution in [0.1, 0.15) is 59.7 Å². The first-order valence-corrected chi connectivity index (χ1v) is 14.0. The van der Waals surface area contributed by atoms with E-state index in [1.54, 1.807) is 31.2 Å². The van der Waals surface area contributed by atoms with E-state index >= 15 is 0 Å². The van der Waals surface area contributed by atoms with Crippen LogP contribution in [0.3, 0.4) is 0 Å². The smallest absolute Gasteiger partial charge is 0.261 e. The fourth-order valence-corrected chi connectivity index (χ4v) is 7.34. The van der Waals surface area contributed by atoms with Crippen LogP contribution in [0.2, 0.25) is 0 Å². The summed E-state index contributed by atoms with van der Waals surface area (Å²) in [4.78, 5) is 43.7. The minimum absolute atomic E-state index is 0.127. The molecule has 7 heteroatoms. The zero-order valence-corrected chi connectivity index (χ0v) is 21.5. The Hall–Kier alpha value is -2.48. The summed E-state index contributed by atoms with van der Waals surface area (Å²) in [6.45, 7) is 2.69. The molecule has 2 aromatic carbocycles. The fraction of sp³-hybridized carbons (Fsp3) is 0.483. The number of hydrogen-bond acceptors (Lipinski definition) is 6. The molecule has 5 atom stereocenters. The molecule has 36 heavy (non-hydrogen) atoms. The average molecular weight is 507 g/mol. The molecule has 2 heterocycles. The Morgan fingerprint density at radius 2 is 1.58 bits per heavy atom. The highest BCUT2D eigenvalue weighted by atomic mass is 32.2. The molecule has 2 amide bonds. The van der Waals surface area contributed by atoms with Gasteiger partial charge in [0.15, 0.2) is 0 Å². The number of hydrogen-bond donors (Lipinski definition) is 1. The van der Waals surface area contributed by atoms with Crippen molar-refractivity contribution in [2.45, 2.75) is 62.1 Å². The van der Waals surface area contributed by atoms with E-state index in [0.29, 0.717) is 28.7 Å². The summed E-state index contributed by atoms with van der Waals surface area (Å²) in [5, 5.41) is 11.6. The van der Waals surface area contributed by atoms with E-state index in [-0.39, 0.29) is 30.2 Å². The number of carbonyl (C=O) groups excluding carboxylic acids is 3. The van der Waals surface area contributed by atoms with Gasteiger partial charge < -0.3 is 5.11 Å². The molecule has 1 N–H and O–H groups in total. The Labute approximate surface area is 217 Å². The van der Waals surface area contributed by atoms with E-state index in [9.17, 15) is 19.5 Å². The molecule has 0 radical (unpaired) electrons. The number of fused-ring (bicyclic) bond motifs is 2. The molecule has 190 valence electrons. The molecule has 2 aromatic rings. The molecular weight excluding hydrogens is 472 g/mol. The lowest BCUT2D eigenvalue weighted by Crippen LogP contribution is -2.57. The molecule has 2 aliphatic heterocycles. The number of thioether (sulfide) groups is 1. The summed E-state index contributed by atoms with van der Waals surface area (Å²) < 4.78 is 0. The Morgan fingerprint density at radius 3 is 2.22 bits per heavy atom. The topological polar surface area (TPSA) is 77.9 Å². The second-order valence-electron chi connectivity index (χ2n) is 10.4. The highest BCUT2D eigenvalue weighted by molar-refractivity contribution is 7.99. The first-order chi connectivity index (χ1) is 17.4. The van der Waals surface area contributed by atoms with Crippen LogP contribution in [0.25, 0.3) is 0 Å². The zero-order valence-electron chi connectivity index (χ0n) is 20.7. The van der Waals surface area contributed by atoms with Gasteiger partial charge in [-0.25, -0.2) is 0 Å². The van der Waals surface area contributed by atoms with Crippen LogP contribution < -0.4 is 0 Å². The molecule has 5 unspecified atom stereocenters. The number of aliphatic hydroxyl groups excluding tert-OH is 1. The number of carbonyl (C=O) groups is 3. The second-order valence-corrected chi connectivity index (χ2v) is 11.5. The minimum Gasteiger partial charge on any atom is -0.390 e. The van der Waals surface area contributed by atoms with Gasteiger partial charge in [-0.05, 0) is 55.9 Å². The molecule has 5 rings (SSSR count). The average Bonchev–Trinajstić information content (AvgIpc) is 3.14. The number of imide groups is 1. The lowest BCUT2D eigenvalue weighted by atomic mass is 9.72. The predicted octanol–water partition coefficient (Wildman–Crippen LogP) is 4.27. The van der Waals surface area contributed by atoms with Gasteiger partial charge in [0.25, 0.3) is 11.8 Å². The monoisotopic (exact) mass is 506 g/mol. The predicted molar refractivity (Wildman–Crippen MR) is 140 cm³/mol. The molecule has 1 saturated carbocycles. The number of piperidine rings is 1. The van der Waals surface area contributed by atoms with Crippen LogP contribution in [-0.4, -0.2) is 69.5 Å². The largest absolute Gasteiger partial charge is 0.390 e. The van der Waals surface area contributed by atoms with Crippen molar-refractivity contribution in [2.24, 2.45) is 11.8 Å². The summed E-state index contributed by atoms with van der Waals surface area (Å²) in [5.74, 6) is 0.896. The number of amides is 2. The molecule has 0 spiro atoms. The number of ketones is 1. The molecule has 3 aliphatic rings. The molecule has 0 bridgehead atoms. The fourth-order valence-electron chi connectivity index (χ4n) is 6.25. The standard InChI is InChI=1S/C29H34N2O4S/c1-19(32)25-15-20-9-5-6-10-21(20)16-30(25)17-27(33)26(18-36-22-11-3-2-4-12-22)31-28(34)23-13-7-8-14-24(23)29(31)35/h2-4,7-8,11-14,20-21,25-27,33H,5-6,9-10,15-18H2,1H3. The van der Waals surface area contributed by atoms with Crippen LogP contribution in [-0.2, 0) is 4.79 Å². The van der Waals surface area contributed by atoms with E-state index in [1.807, 2.05) is 30.3 Å². The van der Waals surface area contributed by atoms with Crippen molar-refractivity contribution in [1.29, 1.82) is 0 Å². The normalized spacial score (nSPS) is 25.8. The van der Waals surface area contributed by atoms with Crippen molar-refractivity contribution in [1.82, 2.24) is 9.80 Å². The van der Waals surface area contributed by atoms with Gasteiger partial charge in [-0.1, -0.05) is 49.6 Å². The molecule has 6 nitrogen and oxygen atoms in total. The highest BCUT2D eigenvalue weighted by Gasteiger charge is 2.45.